The zero-order valence-corrected chi connectivity index (χ0v) is 22.5. The van der Waals surface area contributed by atoms with Crippen LogP contribution in [0.15, 0.2) is 53.1 Å². The smallest absolute Gasteiger partial charge is 0.387 e. The van der Waals surface area contributed by atoms with Gasteiger partial charge in [0.2, 0.25) is 0 Å². The van der Waals surface area contributed by atoms with Gasteiger partial charge < -0.3 is 18.9 Å². The third kappa shape index (κ3) is 5.65. The predicted molar refractivity (Wildman–Crippen MR) is 146 cm³/mol. The molecule has 1 aromatic heterocycles. The maximum atomic E-state index is 15.3. The highest BCUT2D eigenvalue weighted by Gasteiger charge is 2.56. The zero-order valence-electron chi connectivity index (χ0n) is 22.5. The van der Waals surface area contributed by atoms with E-state index < -0.39 is 6.09 Å². The van der Waals surface area contributed by atoms with Crippen LogP contribution < -0.4 is 14.5 Å². The van der Waals surface area contributed by atoms with Crippen LogP contribution >= 0.6 is 0 Å². The molecule has 0 spiro atoms. The fraction of sp³-hybridized carbons (Fsp3) is 0.467. The number of halogens is 1. The molecule has 0 bridgehead atoms. The number of piperidine rings is 1. The van der Waals surface area contributed by atoms with Gasteiger partial charge in [0.1, 0.15) is 11.6 Å². The molecule has 2 unspecified atom stereocenters. The minimum atomic E-state index is -0.584. The number of hydrogen-bond donors (Lipinski definition) is 0. The Kier molecular flexibility index (Phi) is 7.27. The van der Waals surface area contributed by atoms with Crippen molar-refractivity contribution in [1.82, 2.24) is 10.1 Å². The van der Waals surface area contributed by atoms with E-state index in [1.54, 1.807) is 30.0 Å². The molecule has 6 rings (SSSR count). The second-order valence-corrected chi connectivity index (χ2v) is 10.8. The Balaban J connectivity index is 1.14. The summed E-state index contributed by atoms with van der Waals surface area (Å²) in [4.78, 5) is 19.3. The highest BCUT2D eigenvalue weighted by atomic mass is 19.1. The zero-order chi connectivity index (χ0) is 26.9. The number of likely N-dealkylation sites (tertiary alicyclic amines) is 1. The summed E-state index contributed by atoms with van der Waals surface area (Å²) < 4.78 is 31.3. The number of morpholine rings is 1. The lowest BCUT2D eigenvalue weighted by molar-refractivity contribution is 0.122. The number of anilines is 2. The minimum Gasteiger partial charge on any atom is -0.387 e. The van der Waals surface area contributed by atoms with Gasteiger partial charge in [0.05, 0.1) is 24.6 Å². The lowest BCUT2D eigenvalue weighted by Crippen LogP contribution is -2.38. The van der Waals surface area contributed by atoms with Gasteiger partial charge in [-0.1, -0.05) is 31.2 Å². The molecule has 1 amide bonds. The van der Waals surface area contributed by atoms with E-state index in [-0.39, 0.29) is 11.7 Å². The lowest BCUT2D eigenvalue weighted by atomic mass is 10.1. The SMILES string of the molecule is CCc1ccc(CN2CC3C(C2)C3CN(C(=O)Oc2cc(C)on2)c2ccc(N3CCOCC3)c(F)c2)cc1. The number of hydrogen-bond acceptors (Lipinski definition) is 7. The molecule has 3 aliphatic rings. The Hall–Kier alpha value is -3.43. The first kappa shape index (κ1) is 25.8. The van der Waals surface area contributed by atoms with E-state index in [0.29, 0.717) is 67.7 Å². The molecule has 206 valence electrons. The lowest BCUT2D eigenvalue weighted by Gasteiger charge is -2.30. The molecular weight excluding hydrogens is 499 g/mol. The predicted octanol–water partition coefficient (Wildman–Crippen LogP) is 4.90. The maximum absolute atomic E-state index is 15.3. The van der Waals surface area contributed by atoms with Crippen LogP contribution in [0.2, 0.25) is 0 Å². The second-order valence-electron chi connectivity index (χ2n) is 10.8. The Morgan fingerprint density at radius 1 is 1.08 bits per heavy atom. The first-order chi connectivity index (χ1) is 19.0. The normalized spacial score (nSPS) is 22.5. The van der Waals surface area contributed by atoms with Crippen molar-refractivity contribution >= 4 is 17.5 Å². The van der Waals surface area contributed by atoms with Gasteiger partial charge in [-0.15, -0.1) is 0 Å². The molecule has 2 atom stereocenters. The van der Waals surface area contributed by atoms with Crippen molar-refractivity contribution in [1.29, 1.82) is 0 Å². The van der Waals surface area contributed by atoms with E-state index in [1.165, 1.54) is 17.2 Å². The van der Waals surface area contributed by atoms with Gasteiger partial charge in [0.15, 0.2) is 0 Å². The Labute approximate surface area is 228 Å². The molecule has 0 radical (unpaired) electrons. The highest BCUT2D eigenvalue weighted by Crippen LogP contribution is 2.52. The minimum absolute atomic E-state index is 0.101. The van der Waals surface area contributed by atoms with Crippen LogP contribution in [-0.4, -0.2) is 62.1 Å². The molecule has 39 heavy (non-hydrogen) atoms. The van der Waals surface area contributed by atoms with Crippen molar-refractivity contribution in [2.45, 2.75) is 26.8 Å². The summed E-state index contributed by atoms with van der Waals surface area (Å²) in [5.74, 6) is 1.66. The van der Waals surface area contributed by atoms with Gasteiger partial charge in [-0.2, -0.15) is 0 Å². The van der Waals surface area contributed by atoms with Gasteiger partial charge in [-0.25, -0.2) is 9.18 Å². The summed E-state index contributed by atoms with van der Waals surface area (Å²) in [5.41, 5.74) is 3.68. The molecule has 2 aliphatic heterocycles. The molecule has 8 nitrogen and oxygen atoms in total. The molecule has 3 fully saturated rings. The van der Waals surface area contributed by atoms with Gasteiger partial charge >= 0.3 is 6.09 Å². The standard InChI is InChI=1S/C30H35FN4O4/c1-3-21-4-6-22(7-5-21)16-33-17-24-25(18-33)26(24)19-35(30(36)38-29-14-20(2)39-32-29)23-8-9-28(27(31)15-23)34-10-12-37-13-11-34/h4-9,14-15,24-26H,3,10-13,16-19H2,1-2H3. The summed E-state index contributed by atoms with van der Waals surface area (Å²) in [6.45, 7) is 9.73. The van der Waals surface area contributed by atoms with Crippen molar-refractivity contribution in [2.75, 3.05) is 55.7 Å². The van der Waals surface area contributed by atoms with Crippen molar-refractivity contribution in [3.63, 3.8) is 0 Å². The molecular formula is C30H35FN4O4. The fourth-order valence-corrected chi connectivity index (χ4v) is 6.03. The number of aryl methyl sites for hydroxylation is 2. The number of benzene rings is 2. The molecule has 2 saturated heterocycles. The summed E-state index contributed by atoms with van der Waals surface area (Å²) in [6.07, 6.45) is 0.463. The van der Waals surface area contributed by atoms with Crippen LogP contribution in [0.1, 0.15) is 23.8 Å². The van der Waals surface area contributed by atoms with Crippen molar-refractivity contribution < 1.29 is 23.2 Å². The highest BCUT2D eigenvalue weighted by molar-refractivity contribution is 5.89. The molecule has 1 saturated carbocycles. The topological polar surface area (TPSA) is 71.3 Å². The number of ether oxygens (including phenoxy) is 2. The molecule has 3 aromatic rings. The molecule has 3 heterocycles. The molecule has 1 aliphatic carbocycles. The summed E-state index contributed by atoms with van der Waals surface area (Å²) in [6, 6.07) is 15.4. The van der Waals surface area contributed by atoms with Crippen LogP contribution in [0.3, 0.4) is 0 Å². The van der Waals surface area contributed by atoms with Crippen molar-refractivity contribution in [3.05, 3.63) is 71.2 Å². The van der Waals surface area contributed by atoms with E-state index in [4.69, 9.17) is 14.0 Å². The third-order valence-electron chi connectivity index (χ3n) is 8.29. The Morgan fingerprint density at radius 3 is 2.44 bits per heavy atom. The van der Waals surface area contributed by atoms with Crippen molar-refractivity contribution in [2.24, 2.45) is 17.8 Å². The Bertz CT molecular complexity index is 1290. The van der Waals surface area contributed by atoms with Gasteiger partial charge in [-0.05, 0) is 65.6 Å². The van der Waals surface area contributed by atoms with Gasteiger partial charge in [-0.3, -0.25) is 9.80 Å². The summed E-state index contributed by atoms with van der Waals surface area (Å²) in [5, 5.41) is 3.79. The number of nitrogens with zero attached hydrogens (tertiary/aromatic N) is 4. The van der Waals surface area contributed by atoms with Gasteiger partial charge in [0.25, 0.3) is 5.88 Å². The largest absolute Gasteiger partial charge is 0.421 e. The number of carbonyl (C=O) groups is 1. The van der Waals surface area contributed by atoms with Crippen LogP contribution in [-0.2, 0) is 17.7 Å². The average molecular weight is 535 g/mol. The Morgan fingerprint density at radius 2 is 1.79 bits per heavy atom. The first-order valence-corrected chi connectivity index (χ1v) is 13.8. The van der Waals surface area contributed by atoms with Crippen LogP contribution in [0.5, 0.6) is 5.88 Å². The van der Waals surface area contributed by atoms with Crippen LogP contribution in [0.25, 0.3) is 0 Å². The van der Waals surface area contributed by atoms with E-state index in [9.17, 15) is 4.79 Å². The maximum Gasteiger partial charge on any atom is 0.421 e. The second kappa shape index (κ2) is 11.0. The number of fused-ring (bicyclic) bond motifs is 1. The molecule has 0 N–H and O–H groups in total. The quantitative estimate of drug-likeness (QED) is 0.407. The first-order valence-electron chi connectivity index (χ1n) is 13.8. The number of amides is 1. The molecule has 9 heteroatoms. The van der Waals surface area contributed by atoms with E-state index in [2.05, 4.69) is 41.2 Å². The van der Waals surface area contributed by atoms with Crippen LogP contribution in [0.4, 0.5) is 20.6 Å². The van der Waals surface area contributed by atoms with Crippen molar-refractivity contribution in [3.8, 4) is 5.88 Å². The monoisotopic (exact) mass is 534 g/mol. The number of rotatable bonds is 8. The average Bonchev–Trinajstić information content (AvgIpc) is 3.22. The van der Waals surface area contributed by atoms with Gasteiger partial charge in [0, 0.05) is 45.3 Å². The summed E-state index contributed by atoms with van der Waals surface area (Å²) in [7, 11) is 0. The van der Waals surface area contributed by atoms with E-state index in [0.717, 1.165) is 26.1 Å². The van der Waals surface area contributed by atoms with E-state index >= 15 is 4.39 Å². The fourth-order valence-electron chi connectivity index (χ4n) is 6.03. The number of carbonyl (C=O) groups excluding carboxylic acids is 1. The number of aromatic nitrogens is 1. The third-order valence-corrected chi connectivity index (χ3v) is 8.29. The molecule has 2 aromatic carbocycles. The summed E-state index contributed by atoms with van der Waals surface area (Å²) >= 11 is 0. The van der Waals surface area contributed by atoms with Crippen LogP contribution in [0, 0.1) is 30.5 Å². The van der Waals surface area contributed by atoms with E-state index in [1.807, 2.05) is 4.90 Å².